The molecule has 0 spiro atoms. The van der Waals surface area contributed by atoms with Crippen molar-refractivity contribution in [2.75, 3.05) is 5.32 Å². The van der Waals surface area contributed by atoms with E-state index in [9.17, 15) is 4.79 Å². The van der Waals surface area contributed by atoms with Gasteiger partial charge in [-0.2, -0.15) is 5.10 Å². The number of nitrogens with zero attached hydrogens (tertiary/aromatic N) is 4. The Hall–Kier alpha value is -1.76. The van der Waals surface area contributed by atoms with Crippen LogP contribution in [-0.4, -0.2) is 25.3 Å². The number of hydrogen-bond donors (Lipinski definition) is 1. The Bertz CT molecular complexity index is 503. The lowest BCUT2D eigenvalue weighted by molar-refractivity contribution is 0.102. The van der Waals surface area contributed by atoms with Crippen LogP contribution in [0.25, 0.3) is 0 Å². The molecule has 0 aliphatic heterocycles. The Balaban J connectivity index is 2.14. The monoisotopic (exact) mass is 237 g/mol. The van der Waals surface area contributed by atoms with E-state index in [0.29, 0.717) is 17.1 Å². The molecule has 2 aromatic heterocycles. The van der Waals surface area contributed by atoms with Gasteiger partial charge in [-0.05, 0) is 18.0 Å². The zero-order valence-electron chi connectivity index (χ0n) is 8.97. The molecule has 2 rings (SSSR count). The van der Waals surface area contributed by atoms with E-state index in [1.165, 1.54) is 0 Å². The molecule has 16 heavy (non-hydrogen) atoms. The molecule has 1 N–H and O–H groups in total. The fourth-order valence-electron chi connectivity index (χ4n) is 1.27. The molecule has 0 saturated heterocycles. The van der Waals surface area contributed by atoms with Gasteiger partial charge in [0.15, 0.2) is 5.82 Å². The van der Waals surface area contributed by atoms with Gasteiger partial charge in [0.25, 0.3) is 5.91 Å². The van der Waals surface area contributed by atoms with Gasteiger partial charge in [0.2, 0.25) is 0 Å². The summed E-state index contributed by atoms with van der Waals surface area (Å²) in [4.78, 5) is 12.4. The minimum absolute atomic E-state index is 0.203. The van der Waals surface area contributed by atoms with E-state index in [1.807, 2.05) is 6.92 Å². The summed E-state index contributed by atoms with van der Waals surface area (Å²) in [5.41, 5.74) is 0.721. The number of aromatic nitrogens is 4. The summed E-state index contributed by atoms with van der Waals surface area (Å²) in [5.74, 6) is 0.327. The molecule has 7 heteroatoms. The van der Waals surface area contributed by atoms with E-state index in [-0.39, 0.29) is 5.91 Å². The van der Waals surface area contributed by atoms with Crippen molar-refractivity contribution in [3.63, 3.8) is 0 Å². The predicted octanol–water partition coefficient (Wildman–Crippen LogP) is 1.09. The van der Waals surface area contributed by atoms with Gasteiger partial charge in [-0.25, -0.2) is 0 Å². The van der Waals surface area contributed by atoms with Crippen LogP contribution in [0.5, 0.6) is 0 Å². The van der Waals surface area contributed by atoms with Crippen LogP contribution in [0.3, 0.4) is 0 Å². The smallest absolute Gasteiger partial charge is 0.270 e. The van der Waals surface area contributed by atoms with Crippen LogP contribution in [0.1, 0.15) is 22.3 Å². The molecule has 0 aliphatic carbocycles. The lowest BCUT2D eigenvalue weighted by atomic mass is 10.3. The molecule has 2 aromatic rings. The van der Waals surface area contributed by atoms with Gasteiger partial charge in [0, 0.05) is 19.3 Å². The molecule has 0 unspecified atom stereocenters. The van der Waals surface area contributed by atoms with Crippen LogP contribution in [0.4, 0.5) is 5.82 Å². The van der Waals surface area contributed by atoms with Crippen molar-refractivity contribution in [3.8, 4) is 0 Å². The Kier molecular flexibility index (Phi) is 2.95. The summed E-state index contributed by atoms with van der Waals surface area (Å²) >= 11 is 1.10. The van der Waals surface area contributed by atoms with E-state index < -0.39 is 0 Å². The molecule has 1 amide bonds. The van der Waals surface area contributed by atoms with Crippen LogP contribution in [0, 0.1) is 0 Å². The second-order valence-electron chi connectivity index (χ2n) is 3.23. The number of hydrogen-bond acceptors (Lipinski definition) is 5. The first-order valence-corrected chi connectivity index (χ1v) is 5.60. The van der Waals surface area contributed by atoms with E-state index in [2.05, 4.69) is 20.0 Å². The molecule has 0 aromatic carbocycles. The third-order valence-corrected chi connectivity index (χ3v) is 2.82. The summed E-state index contributed by atoms with van der Waals surface area (Å²) in [5, 5.41) is 10.6. The van der Waals surface area contributed by atoms with Gasteiger partial charge in [0.1, 0.15) is 4.88 Å². The Morgan fingerprint density at radius 3 is 3.06 bits per heavy atom. The molecule has 2 heterocycles. The highest BCUT2D eigenvalue weighted by Gasteiger charge is 2.15. The second-order valence-corrected chi connectivity index (χ2v) is 3.99. The molecule has 84 valence electrons. The van der Waals surface area contributed by atoms with Crippen LogP contribution in [-0.2, 0) is 13.5 Å². The average molecular weight is 237 g/mol. The van der Waals surface area contributed by atoms with Gasteiger partial charge in [-0.3, -0.25) is 9.48 Å². The van der Waals surface area contributed by atoms with Crippen molar-refractivity contribution in [2.24, 2.45) is 7.05 Å². The Labute approximate surface area is 96.5 Å². The second kappa shape index (κ2) is 4.40. The van der Waals surface area contributed by atoms with Gasteiger partial charge >= 0.3 is 0 Å². The summed E-state index contributed by atoms with van der Waals surface area (Å²) in [6, 6.07) is 1.73. The van der Waals surface area contributed by atoms with Crippen molar-refractivity contribution in [1.82, 2.24) is 19.4 Å². The SMILES string of the molecule is CCc1nnsc1C(=O)Nc1ccn(C)n1. The minimum atomic E-state index is -0.203. The fourth-order valence-corrected chi connectivity index (χ4v) is 1.91. The van der Waals surface area contributed by atoms with Crippen LogP contribution >= 0.6 is 11.5 Å². The first-order valence-electron chi connectivity index (χ1n) is 4.83. The average Bonchev–Trinajstić information content (AvgIpc) is 2.86. The first-order chi connectivity index (χ1) is 7.70. The quantitative estimate of drug-likeness (QED) is 0.867. The maximum absolute atomic E-state index is 11.8. The van der Waals surface area contributed by atoms with Crippen molar-refractivity contribution in [3.05, 3.63) is 22.8 Å². The van der Waals surface area contributed by atoms with Gasteiger partial charge in [0.05, 0.1) is 5.69 Å². The highest BCUT2D eigenvalue weighted by molar-refractivity contribution is 7.08. The minimum Gasteiger partial charge on any atom is -0.304 e. The maximum Gasteiger partial charge on any atom is 0.270 e. The third-order valence-electron chi connectivity index (χ3n) is 2.05. The lowest BCUT2D eigenvalue weighted by Gasteiger charge is -1.99. The highest BCUT2D eigenvalue weighted by atomic mass is 32.1. The van der Waals surface area contributed by atoms with Crippen molar-refractivity contribution >= 4 is 23.3 Å². The zero-order valence-corrected chi connectivity index (χ0v) is 9.78. The topological polar surface area (TPSA) is 72.7 Å². The van der Waals surface area contributed by atoms with Gasteiger partial charge in [-0.15, -0.1) is 5.10 Å². The van der Waals surface area contributed by atoms with Gasteiger partial charge < -0.3 is 5.32 Å². The molecule has 0 bridgehead atoms. The van der Waals surface area contributed by atoms with Crippen LogP contribution in [0.15, 0.2) is 12.3 Å². The van der Waals surface area contributed by atoms with Crippen molar-refractivity contribution in [2.45, 2.75) is 13.3 Å². The van der Waals surface area contributed by atoms with Crippen molar-refractivity contribution < 1.29 is 4.79 Å². The van der Waals surface area contributed by atoms with E-state index in [1.54, 1.807) is 24.0 Å². The molecular weight excluding hydrogens is 226 g/mol. The maximum atomic E-state index is 11.8. The highest BCUT2D eigenvalue weighted by Crippen LogP contribution is 2.13. The zero-order chi connectivity index (χ0) is 11.5. The normalized spacial score (nSPS) is 10.4. The predicted molar refractivity (Wildman–Crippen MR) is 60.4 cm³/mol. The van der Waals surface area contributed by atoms with E-state index in [0.717, 1.165) is 17.2 Å². The van der Waals surface area contributed by atoms with Crippen molar-refractivity contribution in [1.29, 1.82) is 0 Å². The van der Waals surface area contributed by atoms with E-state index in [4.69, 9.17) is 0 Å². The largest absolute Gasteiger partial charge is 0.304 e. The van der Waals surface area contributed by atoms with E-state index >= 15 is 0 Å². The molecule has 0 aliphatic rings. The summed E-state index contributed by atoms with van der Waals surface area (Å²) in [7, 11) is 1.79. The van der Waals surface area contributed by atoms with Gasteiger partial charge in [-0.1, -0.05) is 11.4 Å². The third kappa shape index (κ3) is 2.08. The molecule has 6 nitrogen and oxygen atoms in total. The first kappa shape index (κ1) is 10.7. The summed E-state index contributed by atoms with van der Waals surface area (Å²) in [6.45, 7) is 1.94. The fraction of sp³-hybridized carbons (Fsp3) is 0.333. The Morgan fingerprint density at radius 1 is 1.62 bits per heavy atom. The molecule has 0 radical (unpaired) electrons. The lowest BCUT2D eigenvalue weighted by Crippen LogP contribution is -2.12. The standard InChI is InChI=1S/C9H11N5OS/c1-3-6-8(16-13-11-6)9(15)10-7-4-5-14(2)12-7/h4-5H,3H2,1-2H3,(H,10,12,15). The number of nitrogens with one attached hydrogen (secondary N) is 1. The summed E-state index contributed by atoms with van der Waals surface area (Å²) < 4.78 is 5.39. The summed E-state index contributed by atoms with van der Waals surface area (Å²) in [6.07, 6.45) is 2.46. The Morgan fingerprint density at radius 2 is 2.44 bits per heavy atom. The number of anilines is 1. The number of amides is 1. The van der Waals surface area contributed by atoms with Crippen LogP contribution < -0.4 is 5.32 Å². The molecule has 0 atom stereocenters. The molecule has 0 fully saturated rings. The number of rotatable bonds is 3. The number of carbonyl (C=O) groups excluding carboxylic acids is 1. The molecular formula is C9H11N5OS. The number of carbonyl (C=O) groups is 1. The molecule has 0 saturated carbocycles. The van der Waals surface area contributed by atoms with Crippen LogP contribution in [0.2, 0.25) is 0 Å². The number of aryl methyl sites for hydroxylation is 2.